The number of fused-ring (bicyclic) bond motifs is 1. The number of carbonyl (C=O) groups is 1. The van der Waals surface area contributed by atoms with Crippen LogP contribution in [-0.4, -0.2) is 25.2 Å². The van der Waals surface area contributed by atoms with Crippen molar-refractivity contribution in [2.75, 3.05) is 13.1 Å². The lowest BCUT2D eigenvalue weighted by atomic mass is 10.1. The van der Waals surface area contributed by atoms with Crippen LogP contribution in [0.1, 0.15) is 6.42 Å². The number of nitrogens with one attached hydrogen (secondary N) is 3. The summed E-state index contributed by atoms with van der Waals surface area (Å²) in [6, 6.07) is 0. The highest BCUT2D eigenvalue weighted by atomic mass is 16.2. The van der Waals surface area contributed by atoms with E-state index in [4.69, 9.17) is 0 Å². The first-order valence-corrected chi connectivity index (χ1v) is 3.83. The minimum Gasteiger partial charge on any atom is -0.326 e. The minimum absolute atomic E-state index is 0.0520. The summed E-state index contributed by atoms with van der Waals surface area (Å²) < 4.78 is 0. The molecule has 0 aliphatic carbocycles. The number of amides is 1. The van der Waals surface area contributed by atoms with Crippen LogP contribution < -0.4 is 16.0 Å². The van der Waals surface area contributed by atoms with Crippen LogP contribution in [0.15, 0.2) is 11.8 Å². The second kappa shape index (κ2) is 2.64. The van der Waals surface area contributed by atoms with E-state index in [0.29, 0.717) is 6.54 Å². The predicted octanol–water partition coefficient (Wildman–Crippen LogP) is -1.09. The molecule has 4 nitrogen and oxygen atoms in total. The summed E-state index contributed by atoms with van der Waals surface area (Å²) in [6.45, 7) is 1.39. The number of piperazine rings is 1. The van der Waals surface area contributed by atoms with E-state index in [1.807, 2.05) is 0 Å². The molecule has 0 bridgehead atoms. The molecule has 2 aliphatic rings. The molecule has 0 aromatic heterocycles. The fourth-order valence-electron chi connectivity index (χ4n) is 1.39. The lowest BCUT2D eigenvalue weighted by Crippen LogP contribution is -2.57. The fraction of sp³-hybridized carbons (Fsp3) is 0.571. The highest BCUT2D eigenvalue weighted by molar-refractivity contribution is 5.81. The maximum absolute atomic E-state index is 10.9. The Morgan fingerprint density at radius 1 is 1.45 bits per heavy atom. The lowest BCUT2D eigenvalue weighted by Gasteiger charge is -2.30. The van der Waals surface area contributed by atoms with Gasteiger partial charge in [0.2, 0.25) is 5.91 Å². The van der Waals surface area contributed by atoms with Crippen molar-refractivity contribution in [1.29, 1.82) is 0 Å². The van der Waals surface area contributed by atoms with Crippen LogP contribution in [0.5, 0.6) is 0 Å². The maximum Gasteiger partial charge on any atom is 0.238 e. The second-order valence-corrected chi connectivity index (χ2v) is 2.76. The third-order valence-electron chi connectivity index (χ3n) is 1.92. The quantitative estimate of drug-likeness (QED) is 0.414. The Morgan fingerprint density at radius 3 is 3.27 bits per heavy atom. The molecule has 0 radical (unpaired) electrons. The Bertz CT molecular complexity index is 212. The van der Waals surface area contributed by atoms with Gasteiger partial charge in [-0.25, -0.2) is 0 Å². The molecule has 1 atom stereocenters. The molecule has 0 saturated carbocycles. The van der Waals surface area contributed by atoms with Crippen LogP contribution in [0.2, 0.25) is 0 Å². The molecule has 3 N–H and O–H groups in total. The highest BCUT2D eigenvalue weighted by Gasteiger charge is 2.23. The lowest BCUT2D eigenvalue weighted by molar-refractivity contribution is -0.120. The molecule has 0 spiro atoms. The van der Waals surface area contributed by atoms with Gasteiger partial charge in [-0.2, -0.15) is 0 Å². The first kappa shape index (κ1) is 6.82. The van der Waals surface area contributed by atoms with Crippen LogP contribution >= 0.6 is 0 Å². The van der Waals surface area contributed by atoms with E-state index >= 15 is 0 Å². The largest absolute Gasteiger partial charge is 0.326 e. The normalized spacial score (nSPS) is 30.4. The third-order valence-corrected chi connectivity index (χ3v) is 1.92. The molecule has 1 amide bonds. The Hall–Kier alpha value is -0.870. The van der Waals surface area contributed by atoms with Gasteiger partial charge in [-0.1, -0.05) is 6.08 Å². The van der Waals surface area contributed by atoms with Crippen LogP contribution in [0, 0.1) is 0 Å². The molecule has 4 heteroatoms. The SMILES string of the molecule is O=C1CNC2NCCC=C2N1. The van der Waals surface area contributed by atoms with Crippen molar-refractivity contribution in [3.8, 4) is 0 Å². The van der Waals surface area contributed by atoms with Crippen molar-refractivity contribution < 1.29 is 4.79 Å². The van der Waals surface area contributed by atoms with Crippen molar-refractivity contribution in [2.24, 2.45) is 0 Å². The van der Waals surface area contributed by atoms with E-state index in [1.54, 1.807) is 0 Å². The molecular weight excluding hydrogens is 142 g/mol. The minimum atomic E-state index is 0.0520. The van der Waals surface area contributed by atoms with Gasteiger partial charge in [0.15, 0.2) is 0 Å². The third kappa shape index (κ3) is 1.27. The summed E-state index contributed by atoms with van der Waals surface area (Å²) in [4.78, 5) is 10.9. The molecule has 0 aromatic carbocycles. The van der Waals surface area contributed by atoms with E-state index < -0.39 is 0 Å². The van der Waals surface area contributed by atoms with Crippen molar-refractivity contribution >= 4 is 5.91 Å². The molecule has 2 heterocycles. The summed E-state index contributed by atoms with van der Waals surface area (Å²) in [5, 5.41) is 9.14. The van der Waals surface area contributed by atoms with Crippen molar-refractivity contribution in [1.82, 2.24) is 16.0 Å². The summed E-state index contributed by atoms with van der Waals surface area (Å²) >= 11 is 0. The molecule has 11 heavy (non-hydrogen) atoms. The number of hydrogen-bond donors (Lipinski definition) is 3. The predicted molar refractivity (Wildman–Crippen MR) is 40.6 cm³/mol. The first-order chi connectivity index (χ1) is 5.36. The van der Waals surface area contributed by atoms with Crippen molar-refractivity contribution in [3.63, 3.8) is 0 Å². The van der Waals surface area contributed by atoms with E-state index in [2.05, 4.69) is 22.0 Å². The van der Waals surface area contributed by atoms with Gasteiger partial charge in [0.25, 0.3) is 0 Å². The molecule has 1 fully saturated rings. The molecule has 0 aromatic rings. The van der Waals surface area contributed by atoms with Gasteiger partial charge < -0.3 is 5.32 Å². The van der Waals surface area contributed by atoms with Gasteiger partial charge in [-0.15, -0.1) is 0 Å². The molecule has 2 aliphatic heterocycles. The highest BCUT2D eigenvalue weighted by Crippen LogP contribution is 2.05. The van der Waals surface area contributed by atoms with Crippen molar-refractivity contribution in [3.05, 3.63) is 11.8 Å². The zero-order valence-corrected chi connectivity index (χ0v) is 6.18. The Balaban J connectivity index is 2.13. The number of carbonyl (C=O) groups excluding carboxylic acids is 1. The van der Waals surface area contributed by atoms with Gasteiger partial charge in [0, 0.05) is 12.2 Å². The Morgan fingerprint density at radius 2 is 2.36 bits per heavy atom. The molecule has 2 rings (SSSR count). The maximum atomic E-state index is 10.9. The van der Waals surface area contributed by atoms with Gasteiger partial charge in [-0.05, 0) is 6.42 Å². The van der Waals surface area contributed by atoms with E-state index in [-0.39, 0.29) is 12.1 Å². The van der Waals surface area contributed by atoms with Gasteiger partial charge in [-0.3, -0.25) is 15.4 Å². The van der Waals surface area contributed by atoms with E-state index in [9.17, 15) is 4.79 Å². The first-order valence-electron chi connectivity index (χ1n) is 3.83. The Kier molecular flexibility index (Phi) is 1.63. The molecule has 60 valence electrons. The van der Waals surface area contributed by atoms with Crippen LogP contribution in [0.4, 0.5) is 0 Å². The molecular formula is C7H11N3O. The second-order valence-electron chi connectivity index (χ2n) is 2.76. The van der Waals surface area contributed by atoms with Crippen LogP contribution in [-0.2, 0) is 4.79 Å². The van der Waals surface area contributed by atoms with E-state index in [1.165, 1.54) is 0 Å². The Labute approximate surface area is 65.0 Å². The summed E-state index contributed by atoms with van der Waals surface area (Å²) in [5.74, 6) is 0.0520. The molecule has 1 unspecified atom stereocenters. The zero-order chi connectivity index (χ0) is 7.68. The van der Waals surface area contributed by atoms with Crippen molar-refractivity contribution in [2.45, 2.75) is 12.6 Å². The van der Waals surface area contributed by atoms with Gasteiger partial charge >= 0.3 is 0 Å². The molecule has 1 saturated heterocycles. The summed E-state index contributed by atoms with van der Waals surface area (Å²) in [7, 11) is 0. The number of rotatable bonds is 0. The monoisotopic (exact) mass is 153 g/mol. The summed E-state index contributed by atoms with van der Waals surface area (Å²) in [6.07, 6.45) is 3.22. The standard InChI is InChI=1S/C7H11N3O/c11-6-4-9-7-5(10-6)2-1-3-8-7/h2,7-9H,1,3-4H2,(H,10,11). The average molecular weight is 153 g/mol. The summed E-state index contributed by atoms with van der Waals surface area (Å²) in [5.41, 5.74) is 0.979. The average Bonchev–Trinajstić information content (AvgIpc) is 2.04. The van der Waals surface area contributed by atoms with E-state index in [0.717, 1.165) is 18.7 Å². The van der Waals surface area contributed by atoms with Crippen LogP contribution in [0.3, 0.4) is 0 Å². The van der Waals surface area contributed by atoms with Crippen LogP contribution in [0.25, 0.3) is 0 Å². The zero-order valence-electron chi connectivity index (χ0n) is 6.18. The topological polar surface area (TPSA) is 53.2 Å². The fourth-order valence-corrected chi connectivity index (χ4v) is 1.39. The number of hydrogen-bond acceptors (Lipinski definition) is 3. The van der Waals surface area contributed by atoms with Gasteiger partial charge in [0.05, 0.1) is 12.7 Å². The smallest absolute Gasteiger partial charge is 0.238 e. The van der Waals surface area contributed by atoms with Gasteiger partial charge in [0.1, 0.15) is 0 Å².